The standard InChI is InChI=1S/C11H16N6/c1-8-15-10(12)7-11(16-8)13-5-3-9-4-6-14-17(9)2/h4,6-7H,3,5H2,1-2H3,(H3,12,13,15,16). The zero-order valence-electron chi connectivity index (χ0n) is 10.0. The molecule has 0 aliphatic carbocycles. The van der Waals surface area contributed by atoms with Crippen LogP contribution < -0.4 is 11.1 Å². The third kappa shape index (κ3) is 2.93. The third-order valence-electron chi connectivity index (χ3n) is 2.47. The minimum Gasteiger partial charge on any atom is -0.384 e. The molecule has 6 nitrogen and oxygen atoms in total. The Labute approximate surface area is 99.9 Å². The van der Waals surface area contributed by atoms with Crippen LogP contribution >= 0.6 is 0 Å². The van der Waals surface area contributed by atoms with Crippen molar-refractivity contribution in [2.24, 2.45) is 7.05 Å². The van der Waals surface area contributed by atoms with Crippen LogP contribution in [-0.4, -0.2) is 26.3 Å². The molecule has 0 bridgehead atoms. The van der Waals surface area contributed by atoms with Gasteiger partial charge in [0.15, 0.2) is 0 Å². The summed E-state index contributed by atoms with van der Waals surface area (Å²) < 4.78 is 1.86. The van der Waals surface area contributed by atoms with E-state index in [4.69, 9.17) is 5.73 Å². The van der Waals surface area contributed by atoms with Crippen LogP contribution in [0.3, 0.4) is 0 Å². The first-order valence-corrected chi connectivity index (χ1v) is 5.47. The summed E-state index contributed by atoms with van der Waals surface area (Å²) in [4.78, 5) is 8.27. The summed E-state index contributed by atoms with van der Waals surface area (Å²) in [5.74, 6) is 1.92. The average Bonchev–Trinajstić information content (AvgIpc) is 2.63. The van der Waals surface area contributed by atoms with Crippen LogP contribution in [0.2, 0.25) is 0 Å². The monoisotopic (exact) mass is 232 g/mol. The van der Waals surface area contributed by atoms with Gasteiger partial charge in [-0.05, 0) is 13.0 Å². The van der Waals surface area contributed by atoms with Crippen LogP contribution in [0.25, 0.3) is 0 Å². The van der Waals surface area contributed by atoms with Crippen molar-refractivity contribution in [1.29, 1.82) is 0 Å². The lowest BCUT2D eigenvalue weighted by atomic mass is 10.3. The van der Waals surface area contributed by atoms with Gasteiger partial charge in [0.05, 0.1) is 0 Å². The maximum absolute atomic E-state index is 5.64. The van der Waals surface area contributed by atoms with Crippen molar-refractivity contribution in [3.05, 3.63) is 29.8 Å². The van der Waals surface area contributed by atoms with Crippen LogP contribution in [0.4, 0.5) is 11.6 Å². The van der Waals surface area contributed by atoms with Gasteiger partial charge < -0.3 is 11.1 Å². The summed E-state index contributed by atoms with van der Waals surface area (Å²) in [6.07, 6.45) is 2.68. The fraction of sp³-hybridized carbons (Fsp3) is 0.364. The van der Waals surface area contributed by atoms with E-state index in [1.807, 2.05) is 24.7 Å². The fourth-order valence-corrected chi connectivity index (χ4v) is 1.65. The molecule has 90 valence electrons. The summed E-state index contributed by atoms with van der Waals surface area (Å²) in [5, 5.41) is 7.33. The highest BCUT2D eigenvalue weighted by molar-refractivity contribution is 5.44. The van der Waals surface area contributed by atoms with Gasteiger partial charge in [-0.3, -0.25) is 4.68 Å². The molecule has 0 fully saturated rings. The van der Waals surface area contributed by atoms with Gasteiger partial charge >= 0.3 is 0 Å². The smallest absolute Gasteiger partial charge is 0.131 e. The Bertz CT molecular complexity index is 484. The van der Waals surface area contributed by atoms with E-state index in [0.717, 1.165) is 18.8 Å². The zero-order chi connectivity index (χ0) is 12.3. The molecule has 17 heavy (non-hydrogen) atoms. The predicted octanol–water partition coefficient (Wildman–Crippen LogP) is 0.755. The number of hydrogen-bond acceptors (Lipinski definition) is 5. The number of nitrogens with zero attached hydrogens (tertiary/aromatic N) is 4. The number of aromatic nitrogens is 4. The van der Waals surface area contributed by atoms with Gasteiger partial charge in [0.25, 0.3) is 0 Å². The molecule has 2 aromatic heterocycles. The van der Waals surface area contributed by atoms with Gasteiger partial charge in [0.2, 0.25) is 0 Å². The first kappa shape index (κ1) is 11.4. The lowest BCUT2D eigenvalue weighted by molar-refractivity contribution is 0.711. The Morgan fingerprint density at radius 1 is 1.41 bits per heavy atom. The maximum atomic E-state index is 5.64. The molecule has 0 aliphatic heterocycles. The minimum atomic E-state index is 0.487. The quantitative estimate of drug-likeness (QED) is 0.813. The normalized spacial score (nSPS) is 10.5. The molecular formula is C11H16N6. The van der Waals surface area contributed by atoms with Crippen molar-refractivity contribution < 1.29 is 0 Å². The Balaban J connectivity index is 1.92. The molecule has 6 heteroatoms. The molecule has 0 aromatic carbocycles. The van der Waals surface area contributed by atoms with E-state index >= 15 is 0 Å². The highest BCUT2D eigenvalue weighted by atomic mass is 15.3. The van der Waals surface area contributed by atoms with E-state index in [0.29, 0.717) is 11.6 Å². The number of aryl methyl sites for hydroxylation is 2. The number of nitrogen functional groups attached to an aromatic ring is 1. The number of rotatable bonds is 4. The van der Waals surface area contributed by atoms with Crippen LogP contribution in [0.15, 0.2) is 18.3 Å². The van der Waals surface area contributed by atoms with Gasteiger partial charge in [-0.1, -0.05) is 0 Å². The van der Waals surface area contributed by atoms with Crippen molar-refractivity contribution in [2.75, 3.05) is 17.6 Å². The lowest BCUT2D eigenvalue weighted by Gasteiger charge is -2.07. The van der Waals surface area contributed by atoms with Gasteiger partial charge in [0, 0.05) is 38.0 Å². The Hall–Kier alpha value is -2.11. The molecule has 3 N–H and O–H groups in total. The molecular weight excluding hydrogens is 216 g/mol. The highest BCUT2D eigenvalue weighted by Gasteiger charge is 2.00. The molecule has 0 aliphatic rings. The topological polar surface area (TPSA) is 81.6 Å². The van der Waals surface area contributed by atoms with Crippen molar-refractivity contribution in [1.82, 2.24) is 19.7 Å². The van der Waals surface area contributed by atoms with Gasteiger partial charge in [-0.25, -0.2) is 9.97 Å². The first-order valence-electron chi connectivity index (χ1n) is 5.47. The largest absolute Gasteiger partial charge is 0.384 e. The molecule has 0 atom stereocenters. The first-order chi connectivity index (χ1) is 8.15. The molecule has 0 amide bonds. The lowest BCUT2D eigenvalue weighted by Crippen LogP contribution is -2.10. The SMILES string of the molecule is Cc1nc(N)cc(NCCc2ccnn2C)n1. The molecule has 0 saturated heterocycles. The number of anilines is 2. The summed E-state index contributed by atoms with van der Waals surface area (Å²) in [6, 6.07) is 3.73. The van der Waals surface area contributed by atoms with Crippen molar-refractivity contribution in [3.63, 3.8) is 0 Å². The van der Waals surface area contributed by atoms with E-state index < -0.39 is 0 Å². The maximum Gasteiger partial charge on any atom is 0.131 e. The second-order valence-corrected chi connectivity index (χ2v) is 3.85. The second kappa shape index (κ2) is 4.82. The molecule has 0 spiro atoms. The average molecular weight is 232 g/mol. The van der Waals surface area contributed by atoms with Crippen LogP contribution in [0, 0.1) is 6.92 Å². The molecule has 2 heterocycles. The predicted molar refractivity (Wildman–Crippen MR) is 66.6 cm³/mol. The zero-order valence-corrected chi connectivity index (χ0v) is 10.0. The number of nitrogens with one attached hydrogen (secondary N) is 1. The van der Waals surface area contributed by atoms with Gasteiger partial charge in [-0.2, -0.15) is 5.10 Å². The summed E-state index contributed by atoms with van der Waals surface area (Å²) >= 11 is 0. The molecule has 2 aromatic rings. The second-order valence-electron chi connectivity index (χ2n) is 3.85. The Morgan fingerprint density at radius 2 is 2.24 bits per heavy atom. The summed E-state index contributed by atoms with van der Waals surface area (Å²) in [6.45, 7) is 2.61. The summed E-state index contributed by atoms with van der Waals surface area (Å²) in [5.41, 5.74) is 6.82. The Kier molecular flexibility index (Phi) is 3.22. The highest BCUT2D eigenvalue weighted by Crippen LogP contribution is 2.07. The van der Waals surface area contributed by atoms with Crippen molar-refractivity contribution in [2.45, 2.75) is 13.3 Å². The van der Waals surface area contributed by atoms with E-state index in [1.165, 1.54) is 5.69 Å². The van der Waals surface area contributed by atoms with Crippen molar-refractivity contribution in [3.8, 4) is 0 Å². The van der Waals surface area contributed by atoms with E-state index in [9.17, 15) is 0 Å². The van der Waals surface area contributed by atoms with Gasteiger partial charge in [-0.15, -0.1) is 0 Å². The summed E-state index contributed by atoms with van der Waals surface area (Å²) in [7, 11) is 1.93. The third-order valence-corrected chi connectivity index (χ3v) is 2.47. The van der Waals surface area contributed by atoms with E-state index in [1.54, 1.807) is 12.3 Å². The molecule has 2 rings (SSSR count). The van der Waals surface area contributed by atoms with Crippen LogP contribution in [-0.2, 0) is 13.5 Å². The van der Waals surface area contributed by atoms with Crippen molar-refractivity contribution >= 4 is 11.6 Å². The van der Waals surface area contributed by atoms with Crippen LogP contribution in [0.1, 0.15) is 11.5 Å². The van der Waals surface area contributed by atoms with Gasteiger partial charge in [0.1, 0.15) is 17.5 Å². The number of nitrogens with two attached hydrogens (primary N) is 1. The molecule has 0 radical (unpaired) electrons. The molecule has 0 saturated carbocycles. The van der Waals surface area contributed by atoms with E-state index in [2.05, 4.69) is 20.4 Å². The van der Waals surface area contributed by atoms with Crippen LogP contribution in [0.5, 0.6) is 0 Å². The van der Waals surface area contributed by atoms with E-state index in [-0.39, 0.29) is 0 Å². The molecule has 0 unspecified atom stereocenters. The fourth-order valence-electron chi connectivity index (χ4n) is 1.65. The number of hydrogen-bond donors (Lipinski definition) is 2. The minimum absolute atomic E-state index is 0.487. The Morgan fingerprint density at radius 3 is 2.88 bits per heavy atom.